The van der Waals surface area contributed by atoms with Crippen LogP contribution in [0.5, 0.6) is 0 Å². The molecule has 0 radical (unpaired) electrons. The van der Waals surface area contributed by atoms with E-state index in [1.807, 2.05) is 5.32 Å². The van der Waals surface area contributed by atoms with E-state index >= 15 is 0 Å². The fourth-order valence-corrected chi connectivity index (χ4v) is 2.26. The molecule has 1 aromatic heterocycles. The smallest absolute Gasteiger partial charge is 0.338 e. The third-order valence-electron chi connectivity index (χ3n) is 2.68. The number of hydrogen-bond donors (Lipinski definition) is 2. The lowest BCUT2D eigenvalue weighted by Crippen LogP contribution is -2.43. The molecule has 3 amide bonds. The first-order valence-electron chi connectivity index (χ1n) is 6.08. The number of benzene rings is 1. The summed E-state index contributed by atoms with van der Waals surface area (Å²) in [6, 6.07) is 4.28. The van der Waals surface area contributed by atoms with E-state index in [9.17, 15) is 14.4 Å². The van der Waals surface area contributed by atoms with E-state index < -0.39 is 24.0 Å². The predicted octanol–water partition coefficient (Wildman–Crippen LogP) is 1.30. The molecule has 2 rings (SSSR count). The molecule has 0 bridgehead atoms. The quantitative estimate of drug-likeness (QED) is 0.833. The van der Waals surface area contributed by atoms with E-state index in [0.717, 1.165) is 10.2 Å². The molecule has 110 valence electrons. The fourth-order valence-electron chi connectivity index (χ4n) is 1.54. The summed E-state index contributed by atoms with van der Waals surface area (Å²) in [5, 5.41) is 4.27. The van der Waals surface area contributed by atoms with Gasteiger partial charge in [-0.15, -0.1) is 11.3 Å². The second-order valence-corrected chi connectivity index (χ2v) is 5.04. The van der Waals surface area contributed by atoms with Gasteiger partial charge in [0.05, 0.1) is 21.3 Å². The van der Waals surface area contributed by atoms with Gasteiger partial charge in [-0.25, -0.2) is 14.6 Å². The van der Waals surface area contributed by atoms with Gasteiger partial charge in [0.2, 0.25) is 0 Å². The van der Waals surface area contributed by atoms with Crippen LogP contribution in [0.1, 0.15) is 17.3 Å². The number of fused-ring (bicyclic) bond motifs is 1. The zero-order chi connectivity index (χ0) is 15.4. The Labute approximate surface area is 124 Å². The van der Waals surface area contributed by atoms with Crippen molar-refractivity contribution in [1.82, 2.24) is 15.6 Å². The molecule has 1 aromatic carbocycles. The van der Waals surface area contributed by atoms with Crippen LogP contribution in [-0.4, -0.2) is 36.0 Å². The van der Waals surface area contributed by atoms with Crippen molar-refractivity contribution >= 4 is 39.5 Å². The van der Waals surface area contributed by atoms with Crippen LogP contribution >= 0.6 is 11.3 Å². The monoisotopic (exact) mass is 307 g/mol. The molecule has 0 spiro atoms. The number of hydrogen-bond acceptors (Lipinski definition) is 6. The second kappa shape index (κ2) is 6.31. The lowest BCUT2D eigenvalue weighted by molar-refractivity contribution is -0.127. The van der Waals surface area contributed by atoms with Crippen molar-refractivity contribution in [3.63, 3.8) is 0 Å². The van der Waals surface area contributed by atoms with Crippen LogP contribution in [0.4, 0.5) is 4.79 Å². The predicted molar refractivity (Wildman–Crippen MR) is 77.1 cm³/mol. The van der Waals surface area contributed by atoms with Gasteiger partial charge in [0.1, 0.15) is 0 Å². The van der Waals surface area contributed by atoms with Crippen LogP contribution in [0.25, 0.3) is 10.2 Å². The Balaban J connectivity index is 2.03. The van der Waals surface area contributed by atoms with Crippen molar-refractivity contribution in [3.8, 4) is 0 Å². The zero-order valence-electron chi connectivity index (χ0n) is 11.4. The standard InChI is InChI=1S/C13H13N3O4S/c1-7(11(17)16-13(19)14-2)20-12(18)8-3-4-9-10(5-8)21-6-15-9/h3-7H,1-2H3,(H2,14,16,17,19)/t7-/m1/s1. The molecule has 2 aromatic rings. The molecule has 2 N–H and O–H groups in total. The molecule has 0 aliphatic heterocycles. The number of rotatable bonds is 3. The Bertz CT molecular complexity index is 698. The topological polar surface area (TPSA) is 97.4 Å². The number of carbonyl (C=O) groups excluding carboxylic acids is 3. The highest BCUT2D eigenvalue weighted by atomic mass is 32.1. The maximum absolute atomic E-state index is 12.0. The molecule has 0 aliphatic carbocycles. The first-order valence-corrected chi connectivity index (χ1v) is 6.96. The lowest BCUT2D eigenvalue weighted by Gasteiger charge is -2.12. The number of carbonyl (C=O) groups is 3. The Hall–Kier alpha value is -2.48. The number of amides is 3. The summed E-state index contributed by atoms with van der Waals surface area (Å²) >= 11 is 1.40. The van der Waals surface area contributed by atoms with Gasteiger partial charge in [0.25, 0.3) is 5.91 Å². The Morgan fingerprint density at radius 1 is 1.33 bits per heavy atom. The summed E-state index contributed by atoms with van der Waals surface area (Å²) in [5.41, 5.74) is 2.80. The molecule has 7 nitrogen and oxygen atoms in total. The van der Waals surface area contributed by atoms with Gasteiger partial charge >= 0.3 is 12.0 Å². The van der Waals surface area contributed by atoms with E-state index in [0.29, 0.717) is 5.56 Å². The van der Waals surface area contributed by atoms with E-state index in [1.54, 1.807) is 23.7 Å². The van der Waals surface area contributed by atoms with Gasteiger partial charge in [-0.1, -0.05) is 0 Å². The van der Waals surface area contributed by atoms with E-state index in [2.05, 4.69) is 10.3 Å². The second-order valence-electron chi connectivity index (χ2n) is 4.15. The van der Waals surface area contributed by atoms with E-state index in [-0.39, 0.29) is 0 Å². The fraction of sp³-hybridized carbons (Fsp3) is 0.231. The van der Waals surface area contributed by atoms with Crippen molar-refractivity contribution in [1.29, 1.82) is 0 Å². The number of nitrogens with one attached hydrogen (secondary N) is 2. The lowest BCUT2D eigenvalue weighted by atomic mass is 10.2. The van der Waals surface area contributed by atoms with Crippen molar-refractivity contribution in [2.75, 3.05) is 7.05 Å². The molecule has 1 atom stereocenters. The SMILES string of the molecule is CNC(=O)NC(=O)[C@@H](C)OC(=O)c1ccc2ncsc2c1. The molecule has 0 fully saturated rings. The average molecular weight is 307 g/mol. The van der Waals surface area contributed by atoms with Gasteiger partial charge in [0, 0.05) is 7.05 Å². The van der Waals surface area contributed by atoms with Crippen LogP contribution in [0.3, 0.4) is 0 Å². The Morgan fingerprint density at radius 3 is 2.81 bits per heavy atom. The number of imide groups is 1. The molecule has 8 heteroatoms. The molecule has 0 unspecified atom stereocenters. The van der Waals surface area contributed by atoms with Crippen LogP contribution in [0.2, 0.25) is 0 Å². The first-order chi connectivity index (χ1) is 10.0. The molecule has 0 saturated carbocycles. The minimum Gasteiger partial charge on any atom is -0.449 e. The van der Waals surface area contributed by atoms with Gasteiger partial charge in [-0.05, 0) is 25.1 Å². The largest absolute Gasteiger partial charge is 0.449 e. The number of aromatic nitrogens is 1. The summed E-state index contributed by atoms with van der Waals surface area (Å²) in [6.45, 7) is 1.39. The van der Waals surface area contributed by atoms with Crippen LogP contribution in [0.15, 0.2) is 23.7 Å². The number of nitrogens with zero attached hydrogens (tertiary/aromatic N) is 1. The highest BCUT2D eigenvalue weighted by Crippen LogP contribution is 2.19. The minimum absolute atomic E-state index is 0.325. The number of ether oxygens (including phenoxy) is 1. The maximum Gasteiger partial charge on any atom is 0.338 e. The summed E-state index contributed by atoms with van der Waals surface area (Å²) in [6.07, 6.45) is -1.08. The Kier molecular flexibility index (Phi) is 4.49. The minimum atomic E-state index is -1.08. The van der Waals surface area contributed by atoms with Crippen molar-refractivity contribution < 1.29 is 19.1 Å². The van der Waals surface area contributed by atoms with Crippen LogP contribution in [-0.2, 0) is 9.53 Å². The highest BCUT2D eigenvalue weighted by molar-refractivity contribution is 7.16. The van der Waals surface area contributed by atoms with Crippen LogP contribution in [0, 0.1) is 0 Å². The van der Waals surface area contributed by atoms with Gasteiger partial charge in [-0.2, -0.15) is 0 Å². The molecule has 0 saturated heterocycles. The molecule has 1 heterocycles. The van der Waals surface area contributed by atoms with E-state index in [1.165, 1.54) is 25.3 Å². The Morgan fingerprint density at radius 2 is 2.10 bits per heavy atom. The molecular formula is C13H13N3O4S. The van der Waals surface area contributed by atoms with Crippen molar-refractivity contribution in [2.24, 2.45) is 0 Å². The zero-order valence-corrected chi connectivity index (χ0v) is 12.2. The van der Waals surface area contributed by atoms with Crippen molar-refractivity contribution in [2.45, 2.75) is 13.0 Å². The molecular weight excluding hydrogens is 294 g/mol. The third-order valence-corrected chi connectivity index (χ3v) is 3.48. The number of esters is 1. The summed E-state index contributed by atoms with van der Waals surface area (Å²) in [7, 11) is 1.38. The molecule has 0 aliphatic rings. The molecule has 21 heavy (non-hydrogen) atoms. The highest BCUT2D eigenvalue weighted by Gasteiger charge is 2.20. The normalized spacial score (nSPS) is 11.7. The van der Waals surface area contributed by atoms with E-state index in [4.69, 9.17) is 4.74 Å². The first kappa shape index (κ1) is 14.9. The summed E-state index contributed by atoms with van der Waals surface area (Å²) in [5.74, 6) is -1.33. The van der Waals surface area contributed by atoms with Crippen LogP contribution < -0.4 is 10.6 Å². The van der Waals surface area contributed by atoms with Gasteiger partial charge < -0.3 is 10.1 Å². The summed E-state index contributed by atoms with van der Waals surface area (Å²) < 4.78 is 5.88. The third kappa shape index (κ3) is 3.54. The number of urea groups is 1. The maximum atomic E-state index is 12.0. The summed E-state index contributed by atoms with van der Waals surface area (Å²) in [4.78, 5) is 38.7. The van der Waals surface area contributed by atoms with Gasteiger partial charge in [-0.3, -0.25) is 10.1 Å². The van der Waals surface area contributed by atoms with Crippen molar-refractivity contribution in [3.05, 3.63) is 29.3 Å². The van der Waals surface area contributed by atoms with Gasteiger partial charge in [0.15, 0.2) is 6.10 Å². The number of thiazole rings is 1. The average Bonchev–Trinajstić information content (AvgIpc) is 2.94.